The Balaban J connectivity index is 0.000000541. The predicted molar refractivity (Wildman–Crippen MR) is 153 cm³/mol. The van der Waals surface area contributed by atoms with E-state index in [0.717, 1.165) is 53.9 Å². The second-order valence-corrected chi connectivity index (χ2v) is 10.5. The monoisotopic (exact) mass is 601 g/mol. The average Bonchev–Trinajstić information content (AvgIpc) is 2.99. The van der Waals surface area contributed by atoms with Gasteiger partial charge in [0.15, 0.2) is 0 Å². The molecule has 1 aliphatic heterocycles. The highest BCUT2D eigenvalue weighted by atomic mass is 19.4. The van der Waals surface area contributed by atoms with Gasteiger partial charge in [-0.15, -0.1) is 0 Å². The van der Waals surface area contributed by atoms with Crippen molar-refractivity contribution >= 4 is 11.9 Å². The summed E-state index contributed by atoms with van der Waals surface area (Å²) in [7, 11) is 0. The molecule has 0 amide bonds. The van der Waals surface area contributed by atoms with Gasteiger partial charge in [-0.05, 0) is 103 Å². The number of aliphatic carboxylic acids is 1. The molecular formula is C32H34F3NO7. The number of fused-ring (bicyclic) bond motifs is 2. The Morgan fingerprint density at radius 1 is 0.907 bits per heavy atom. The van der Waals surface area contributed by atoms with Crippen LogP contribution in [0.3, 0.4) is 0 Å². The molecule has 43 heavy (non-hydrogen) atoms. The minimum Gasteiger partial charge on any atom is -0.491 e. The summed E-state index contributed by atoms with van der Waals surface area (Å²) in [4.78, 5) is 20.0. The number of rotatable bonds is 9. The first-order chi connectivity index (χ1) is 20.5. The van der Waals surface area contributed by atoms with Crippen molar-refractivity contribution in [2.24, 2.45) is 0 Å². The highest BCUT2D eigenvalue weighted by Gasteiger charge is 2.38. The summed E-state index contributed by atoms with van der Waals surface area (Å²) in [6.45, 7) is 1.37. The summed E-state index contributed by atoms with van der Waals surface area (Å²) in [5, 5.41) is 29.9. The molecule has 0 spiro atoms. The second kappa shape index (κ2) is 14.4. The summed E-state index contributed by atoms with van der Waals surface area (Å²) in [5.41, 5.74) is 6.28. The van der Waals surface area contributed by atoms with Crippen LogP contribution in [0.25, 0.3) is 11.1 Å². The van der Waals surface area contributed by atoms with Crippen molar-refractivity contribution in [2.45, 2.75) is 56.9 Å². The summed E-state index contributed by atoms with van der Waals surface area (Å²) >= 11 is 0. The average molecular weight is 602 g/mol. The van der Waals surface area contributed by atoms with Crippen LogP contribution in [0, 0.1) is 0 Å². The summed E-state index contributed by atoms with van der Waals surface area (Å²) < 4.78 is 43.8. The zero-order valence-electron chi connectivity index (χ0n) is 23.4. The molecule has 2 aliphatic rings. The number of aryl methyl sites for hydroxylation is 3. The number of hydrogen-bond donors (Lipinski definition) is 4. The smallest absolute Gasteiger partial charge is 0.490 e. The predicted octanol–water partition coefficient (Wildman–Crippen LogP) is 5.29. The Bertz CT molecular complexity index is 1410. The second-order valence-electron chi connectivity index (χ2n) is 10.5. The van der Waals surface area contributed by atoms with Crippen LogP contribution in [0.2, 0.25) is 0 Å². The van der Waals surface area contributed by atoms with Gasteiger partial charge < -0.3 is 30.1 Å². The van der Waals surface area contributed by atoms with Crippen LogP contribution in [0.5, 0.6) is 11.5 Å². The third-order valence-corrected chi connectivity index (χ3v) is 7.31. The van der Waals surface area contributed by atoms with Crippen molar-refractivity contribution in [3.8, 4) is 22.6 Å². The van der Waals surface area contributed by atoms with E-state index in [1.54, 1.807) is 12.1 Å². The van der Waals surface area contributed by atoms with Gasteiger partial charge in [0.25, 0.3) is 0 Å². The van der Waals surface area contributed by atoms with E-state index in [9.17, 15) is 23.1 Å². The molecule has 3 aromatic rings. The molecule has 0 saturated heterocycles. The fraction of sp³-hybridized carbons (Fsp3) is 0.375. The summed E-state index contributed by atoms with van der Waals surface area (Å²) in [6.07, 6.45) is 0.941. The molecule has 0 aromatic heterocycles. The van der Waals surface area contributed by atoms with Gasteiger partial charge in [0.1, 0.15) is 30.3 Å². The number of aromatic carboxylic acids is 1. The molecule has 0 saturated carbocycles. The van der Waals surface area contributed by atoms with E-state index in [1.165, 1.54) is 24.0 Å². The molecular weight excluding hydrogens is 567 g/mol. The number of halogens is 3. The van der Waals surface area contributed by atoms with E-state index < -0.39 is 24.2 Å². The molecule has 11 heteroatoms. The molecule has 3 aromatic carbocycles. The van der Waals surface area contributed by atoms with Crippen LogP contribution in [0.1, 0.15) is 46.3 Å². The molecule has 230 valence electrons. The number of hydrogen-bond acceptors (Lipinski definition) is 6. The zero-order chi connectivity index (χ0) is 31.0. The number of benzene rings is 3. The zero-order valence-corrected chi connectivity index (χ0v) is 23.4. The Kier molecular flexibility index (Phi) is 10.7. The maximum Gasteiger partial charge on any atom is 0.490 e. The number of ether oxygens (including phenoxy) is 2. The summed E-state index contributed by atoms with van der Waals surface area (Å²) in [6, 6.07) is 19.3. The van der Waals surface area contributed by atoms with Gasteiger partial charge in [-0.2, -0.15) is 13.2 Å². The lowest BCUT2D eigenvalue weighted by atomic mass is 9.92. The van der Waals surface area contributed by atoms with Gasteiger partial charge in [-0.25, -0.2) is 9.59 Å². The van der Waals surface area contributed by atoms with E-state index in [1.807, 2.05) is 30.3 Å². The van der Waals surface area contributed by atoms with Crippen molar-refractivity contribution < 1.29 is 47.6 Å². The Hall–Kier alpha value is -4.09. The minimum absolute atomic E-state index is 0.0481. The first kappa shape index (κ1) is 31.8. The largest absolute Gasteiger partial charge is 0.491 e. The van der Waals surface area contributed by atoms with Gasteiger partial charge in [0.05, 0.1) is 5.56 Å². The Labute approximate surface area is 247 Å². The third-order valence-electron chi connectivity index (χ3n) is 7.31. The third kappa shape index (κ3) is 9.20. The van der Waals surface area contributed by atoms with E-state index in [4.69, 9.17) is 24.5 Å². The maximum atomic E-state index is 11.1. The number of carbonyl (C=O) groups is 2. The fourth-order valence-electron chi connectivity index (χ4n) is 5.04. The van der Waals surface area contributed by atoms with Crippen molar-refractivity contribution in [3.63, 3.8) is 0 Å². The van der Waals surface area contributed by atoms with Crippen LogP contribution in [-0.4, -0.2) is 65.3 Å². The van der Waals surface area contributed by atoms with Crippen LogP contribution < -0.4 is 14.8 Å². The van der Waals surface area contributed by atoms with Crippen LogP contribution >= 0.6 is 0 Å². The molecule has 4 N–H and O–H groups in total. The quantitative estimate of drug-likeness (QED) is 0.261. The van der Waals surface area contributed by atoms with Crippen molar-refractivity contribution in [1.29, 1.82) is 0 Å². The van der Waals surface area contributed by atoms with Gasteiger partial charge in [0, 0.05) is 13.1 Å². The molecule has 1 heterocycles. The maximum absolute atomic E-state index is 11.1. The van der Waals surface area contributed by atoms with Crippen LogP contribution in [-0.2, 0) is 24.1 Å². The lowest BCUT2D eigenvalue weighted by Gasteiger charge is -2.27. The number of aliphatic hydroxyl groups is 1. The number of aliphatic hydroxyl groups excluding tert-OH is 1. The highest BCUT2D eigenvalue weighted by Crippen LogP contribution is 2.32. The van der Waals surface area contributed by atoms with Crippen LogP contribution in [0.15, 0.2) is 60.7 Å². The molecule has 8 nitrogen and oxygen atoms in total. The molecule has 0 bridgehead atoms. The molecule has 5 rings (SSSR count). The Morgan fingerprint density at radius 2 is 1.58 bits per heavy atom. The number of carboxylic acid groups (broad SMARTS) is 2. The van der Waals surface area contributed by atoms with Crippen LogP contribution in [0.4, 0.5) is 13.2 Å². The van der Waals surface area contributed by atoms with Crippen molar-refractivity contribution in [1.82, 2.24) is 5.32 Å². The van der Waals surface area contributed by atoms with Gasteiger partial charge in [-0.1, -0.05) is 24.3 Å². The first-order valence-electron chi connectivity index (χ1n) is 14.1. The number of alkyl halides is 3. The lowest BCUT2D eigenvalue weighted by Crippen LogP contribution is -2.39. The molecule has 1 aliphatic carbocycles. The van der Waals surface area contributed by atoms with Gasteiger partial charge in [-0.3, -0.25) is 0 Å². The number of nitrogens with one attached hydrogen (secondary N) is 1. The highest BCUT2D eigenvalue weighted by molar-refractivity contribution is 5.88. The molecule has 0 radical (unpaired) electrons. The van der Waals surface area contributed by atoms with Crippen molar-refractivity contribution in [2.75, 3.05) is 19.7 Å². The van der Waals surface area contributed by atoms with E-state index in [2.05, 4.69) is 23.5 Å². The molecule has 0 unspecified atom stereocenters. The fourth-order valence-corrected chi connectivity index (χ4v) is 5.04. The minimum atomic E-state index is -5.08. The molecule has 0 fully saturated rings. The van der Waals surface area contributed by atoms with Gasteiger partial charge in [0.2, 0.25) is 0 Å². The normalized spacial score (nSPS) is 16.4. The first-order valence-corrected chi connectivity index (χ1v) is 14.1. The van der Waals surface area contributed by atoms with E-state index in [0.29, 0.717) is 13.1 Å². The number of carboxylic acids is 2. The molecule has 2 atom stereocenters. The lowest BCUT2D eigenvalue weighted by molar-refractivity contribution is -0.192. The SMILES string of the molecule is O=C(O)C(F)(F)F.O=C(O)c1ccc(-c2ccc3c(c2)CC[C@H](CNC[C@@H](O)COc2ccc4c(c2)CCCC4)O3)cc1. The standard InChI is InChI=1S/C30H33NO5.C2HF3O2/c32-26(19-35-27-12-9-20-3-1-2-4-23(20)16-27)17-31-18-28-13-10-25-15-24(11-14-29(25)36-28)21-5-7-22(8-6-21)30(33)34;3-2(4,5)1(6)7/h5-9,11-12,14-16,26,28,31-32H,1-4,10,13,17-19H2,(H,33,34);(H,6,7)/t26-,28-;/m1./s1. The van der Waals surface area contributed by atoms with Crippen molar-refractivity contribution in [3.05, 3.63) is 82.9 Å². The topological polar surface area (TPSA) is 125 Å². The Morgan fingerprint density at radius 3 is 2.26 bits per heavy atom. The van der Waals surface area contributed by atoms with Gasteiger partial charge >= 0.3 is 18.1 Å². The van der Waals surface area contributed by atoms with E-state index in [-0.39, 0.29) is 18.3 Å². The summed E-state index contributed by atoms with van der Waals surface area (Å²) in [5.74, 6) is -1.96. The van der Waals surface area contributed by atoms with E-state index >= 15 is 0 Å².